The minimum Gasteiger partial charge on any atom is -0.451 e. The topological polar surface area (TPSA) is 87.1 Å². The summed E-state index contributed by atoms with van der Waals surface area (Å²) in [6.07, 6.45) is 4.33. The van der Waals surface area contributed by atoms with Crippen LogP contribution in [0.15, 0.2) is 53.5 Å². The molecule has 4 aromatic rings. The molecule has 0 aliphatic carbocycles. The molecule has 3 aromatic carbocycles. The van der Waals surface area contributed by atoms with E-state index in [0.29, 0.717) is 43.1 Å². The molecule has 2 unspecified atom stereocenters. The quantitative estimate of drug-likeness (QED) is 0.267. The summed E-state index contributed by atoms with van der Waals surface area (Å²) < 4.78 is 24.7. The lowest BCUT2D eigenvalue weighted by Crippen LogP contribution is -2.44. The van der Waals surface area contributed by atoms with Gasteiger partial charge in [-0.25, -0.2) is 4.39 Å². The zero-order chi connectivity index (χ0) is 31.6. The van der Waals surface area contributed by atoms with E-state index in [1.54, 1.807) is 10.8 Å². The Morgan fingerprint density at radius 2 is 1.91 bits per heavy atom. The van der Waals surface area contributed by atoms with Crippen LogP contribution in [-0.2, 0) is 4.79 Å². The number of likely N-dealkylation sites (tertiary alicyclic amines) is 1. The third-order valence-electron chi connectivity index (χ3n) is 9.46. The van der Waals surface area contributed by atoms with E-state index in [0.717, 1.165) is 36.6 Å². The van der Waals surface area contributed by atoms with Crippen LogP contribution in [0.3, 0.4) is 0 Å². The number of anilines is 1. The molecule has 1 N–H and O–H groups in total. The lowest BCUT2D eigenvalue weighted by Gasteiger charge is -2.33. The van der Waals surface area contributed by atoms with Gasteiger partial charge in [0.25, 0.3) is 5.91 Å². The maximum Gasteiger partial charge on any atom is 0.256 e. The summed E-state index contributed by atoms with van der Waals surface area (Å²) >= 11 is 0. The number of carbonyl (C=O) groups is 2. The number of pyridine rings is 1. The van der Waals surface area contributed by atoms with Crippen molar-refractivity contribution in [3.05, 3.63) is 70.3 Å². The molecular weight excluding hydrogens is 573 g/mol. The van der Waals surface area contributed by atoms with Crippen LogP contribution in [0.2, 0.25) is 0 Å². The lowest BCUT2D eigenvalue weighted by molar-refractivity contribution is -0.121. The number of piperidine rings is 1. The van der Waals surface area contributed by atoms with E-state index in [-0.39, 0.29) is 39.8 Å². The number of rotatable bonds is 7. The lowest BCUT2D eigenvalue weighted by atomic mass is 9.93. The molecule has 234 valence electrons. The molecule has 1 aromatic heterocycles. The Bertz CT molecular complexity index is 1920. The molecular formula is C35H38FN5O4. The minimum atomic E-state index is -0.591. The number of nitrogens with zero attached hydrogens (tertiary/aromatic N) is 4. The smallest absolute Gasteiger partial charge is 0.256 e. The van der Waals surface area contributed by atoms with E-state index in [1.165, 1.54) is 6.07 Å². The number of hydrogen-bond donors (Lipinski definition) is 1. The number of fused-ring (bicyclic) bond motifs is 4. The molecule has 2 amide bonds. The van der Waals surface area contributed by atoms with Gasteiger partial charge in [0, 0.05) is 38.9 Å². The summed E-state index contributed by atoms with van der Waals surface area (Å²) in [6, 6.07) is 13.0. The second-order valence-corrected chi connectivity index (χ2v) is 13.7. The summed E-state index contributed by atoms with van der Waals surface area (Å²) in [5.41, 5.74) is 0.512. The Morgan fingerprint density at radius 3 is 2.64 bits per heavy atom. The Labute approximate surface area is 261 Å². The molecule has 2 saturated heterocycles. The molecule has 7 rings (SSSR count). The molecule has 0 radical (unpaired) electrons. The van der Waals surface area contributed by atoms with E-state index in [2.05, 4.69) is 24.1 Å². The molecule has 0 saturated carbocycles. The highest BCUT2D eigenvalue weighted by Gasteiger charge is 2.41. The number of benzene rings is 3. The minimum absolute atomic E-state index is 0.0108. The van der Waals surface area contributed by atoms with Crippen molar-refractivity contribution in [2.45, 2.75) is 32.7 Å². The van der Waals surface area contributed by atoms with Gasteiger partial charge in [-0.1, -0.05) is 38.1 Å². The SMILES string of the molecule is CN(C)CC(C)(C)CNC(=O)c1cn2c3c(c(N4CC5CCCN(C=O)C5C4)c(F)cc3c1=O)Oc1cc3ccccc3cc1-2. The predicted octanol–water partition coefficient (Wildman–Crippen LogP) is 4.76. The fraction of sp³-hybridized carbons (Fsp3) is 0.400. The van der Waals surface area contributed by atoms with Crippen LogP contribution in [-0.4, -0.2) is 79.5 Å². The van der Waals surface area contributed by atoms with Gasteiger partial charge in [0.15, 0.2) is 17.3 Å². The average Bonchev–Trinajstić information content (AvgIpc) is 3.43. The molecule has 10 heteroatoms. The number of aromatic nitrogens is 1. The molecule has 3 aliphatic rings. The van der Waals surface area contributed by atoms with E-state index in [4.69, 9.17) is 4.74 Å². The summed E-state index contributed by atoms with van der Waals surface area (Å²) in [5, 5.41) is 4.94. The first-order chi connectivity index (χ1) is 21.5. The zero-order valence-corrected chi connectivity index (χ0v) is 26.1. The van der Waals surface area contributed by atoms with Crippen molar-refractivity contribution < 1.29 is 18.7 Å². The van der Waals surface area contributed by atoms with Gasteiger partial charge in [-0.05, 0) is 67.2 Å². The van der Waals surface area contributed by atoms with Gasteiger partial charge >= 0.3 is 0 Å². The van der Waals surface area contributed by atoms with Crippen molar-refractivity contribution in [3.63, 3.8) is 0 Å². The molecule has 2 atom stereocenters. The second-order valence-electron chi connectivity index (χ2n) is 13.7. The Kier molecular flexibility index (Phi) is 7.07. The van der Waals surface area contributed by atoms with E-state index in [9.17, 15) is 14.4 Å². The van der Waals surface area contributed by atoms with Gasteiger partial charge in [0.1, 0.15) is 16.8 Å². The Balaban J connectivity index is 1.39. The number of nitrogens with one attached hydrogen (secondary N) is 1. The van der Waals surface area contributed by atoms with Gasteiger partial charge in [-0.3, -0.25) is 14.4 Å². The van der Waals surface area contributed by atoms with Crippen LogP contribution in [0, 0.1) is 17.2 Å². The third-order valence-corrected chi connectivity index (χ3v) is 9.46. The van der Waals surface area contributed by atoms with Crippen molar-refractivity contribution in [1.29, 1.82) is 0 Å². The fourth-order valence-electron chi connectivity index (χ4n) is 7.60. The second kappa shape index (κ2) is 10.9. The van der Waals surface area contributed by atoms with Crippen molar-refractivity contribution in [3.8, 4) is 17.2 Å². The number of ether oxygens (including phenoxy) is 1. The van der Waals surface area contributed by atoms with E-state index >= 15 is 4.39 Å². The van der Waals surface area contributed by atoms with E-state index in [1.807, 2.05) is 60.3 Å². The van der Waals surface area contributed by atoms with Gasteiger partial charge < -0.3 is 29.3 Å². The normalized spacial score (nSPS) is 19.1. The summed E-state index contributed by atoms with van der Waals surface area (Å²) in [4.78, 5) is 45.2. The molecule has 0 spiro atoms. The monoisotopic (exact) mass is 611 g/mol. The molecule has 9 nitrogen and oxygen atoms in total. The average molecular weight is 612 g/mol. The van der Waals surface area contributed by atoms with Crippen LogP contribution in [0.1, 0.15) is 37.0 Å². The first-order valence-corrected chi connectivity index (χ1v) is 15.6. The van der Waals surface area contributed by atoms with Crippen molar-refractivity contribution in [2.24, 2.45) is 11.3 Å². The number of carbonyl (C=O) groups excluding carboxylic acids is 2. The van der Waals surface area contributed by atoms with Gasteiger partial charge in [-0.2, -0.15) is 0 Å². The van der Waals surface area contributed by atoms with Crippen LogP contribution in [0.5, 0.6) is 11.5 Å². The van der Waals surface area contributed by atoms with Crippen molar-refractivity contribution in [2.75, 3.05) is 51.7 Å². The van der Waals surface area contributed by atoms with Crippen LogP contribution < -0.4 is 20.4 Å². The molecule has 3 aliphatic heterocycles. The molecule has 45 heavy (non-hydrogen) atoms. The maximum atomic E-state index is 16.3. The highest BCUT2D eigenvalue weighted by Crippen LogP contribution is 2.49. The summed E-state index contributed by atoms with van der Waals surface area (Å²) in [6.45, 7) is 6.95. The first-order valence-electron chi connectivity index (χ1n) is 15.6. The maximum absolute atomic E-state index is 16.3. The Hall–Kier alpha value is -4.44. The molecule has 2 fully saturated rings. The van der Waals surface area contributed by atoms with Crippen LogP contribution in [0.25, 0.3) is 27.4 Å². The van der Waals surface area contributed by atoms with Gasteiger partial charge in [0.05, 0.1) is 17.1 Å². The first kappa shape index (κ1) is 29.3. The molecule has 0 bridgehead atoms. The fourth-order valence-corrected chi connectivity index (χ4v) is 7.60. The summed E-state index contributed by atoms with van der Waals surface area (Å²) in [5.74, 6) is -0.125. The zero-order valence-electron chi connectivity index (χ0n) is 26.1. The molecule has 4 heterocycles. The number of hydrogen-bond acceptors (Lipinski definition) is 6. The van der Waals surface area contributed by atoms with Gasteiger partial charge in [-0.15, -0.1) is 0 Å². The highest BCUT2D eigenvalue weighted by molar-refractivity contribution is 6.02. The summed E-state index contributed by atoms with van der Waals surface area (Å²) in [7, 11) is 3.95. The predicted molar refractivity (Wildman–Crippen MR) is 173 cm³/mol. The Morgan fingerprint density at radius 1 is 1.16 bits per heavy atom. The largest absolute Gasteiger partial charge is 0.451 e. The van der Waals surface area contributed by atoms with Crippen molar-refractivity contribution in [1.82, 2.24) is 19.7 Å². The highest BCUT2D eigenvalue weighted by atomic mass is 19.1. The number of halogens is 1. The van der Waals surface area contributed by atoms with Crippen LogP contribution in [0.4, 0.5) is 10.1 Å². The van der Waals surface area contributed by atoms with Crippen molar-refractivity contribution >= 4 is 39.7 Å². The van der Waals surface area contributed by atoms with Crippen LogP contribution >= 0.6 is 0 Å². The third kappa shape index (κ3) is 5.01. The number of amides is 2. The van der Waals surface area contributed by atoms with Gasteiger partial charge in [0.2, 0.25) is 11.8 Å². The standard InChI is InChI=1S/C35H38FN5O4/c1-35(2,19-38(3)4)18-37-34(44)25-16-41-27-12-21-8-5-6-9-22(21)13-29(27)45-33-30(41)24(32(25)43)14-26(36)31(33)40-15-23-10-7-11-39(20-42)28(23)17-40/h5-6,8-9,12-14,16,20,23,28H,7,10-11,15,17-19H2,1-4H3,(H,37,44). The van der Waals surface area contributed by atoms with E-state index < -0.39 is 17.2 Å².